The van der Waals surface area contributed by atoms with Gasteiger partial charge in [-0.15, -0.1) is 0 Å². The molecule has 0 saturated heterocycles. The summed E-state index contributed by atoms with van der Waals surface area (Å²) in [6.07, 6.45) is -4.78. The van der Waals surface area contributed by atoms with Gasteiger partial charge in [0.2, 0.25) is 0 Å². The molecule has 7 heteroatoms. The smallest absolute Gasteiger partial charge is 0.348 e. The third-order valence-corrected chi connectivity index (χ3v) is 2.72. The Bertz CT molecular complexity index is 419. The molecular formula is C10H8BrF4NO. The molecule has 94 valence electrons. The van der Waals surface area contributed by atoms with Crippen molar-refractivity contribution in [3.8, 4) is 0 Å². The SMILES string of the molecule is O=C(NCCc1cc(F)ccc1Br)C(F)(F)F. The van der Waals surface area contributed by atoms with Crippen molar-refractivity contribution in [2.45, 2.75) is 12.6 Å². The van der Waals surface area contributed by atoms with Crippen LogP contribution in [0.5, 0.6) is 0 Å². The standard InChI is InChI=1S/C10H8BrF4NO/c11-8-2-1-7(12)5-6(8)3-4-16-9(17)10(13,14)15/h1-2,5H,3-4H2,(H,16,17). The summed E-state index contributed by atoms with van der Waals surface area (Å²) in [7, 11) is 0. The van der Waals surface area contributed by atoms with Crippen molar-refractivity contribution in [3.63, 3.8) is 0 Å². The maximum atomic E-state index is 12.8. The van der Waals surface area contributed by atoms with Gasteiger partial charge in [0.05, 0.1) is 0 Å². The number of hydrogen-bond donors (Lipinski definition) is 1. The van der Waals surface area contributed by atoms with E-state index >= 15 is 0 Å². The number of rotatable bonds is 3. The zero-order valence-corrected chi connectivity index (χ0v) is 10.0. The molecule has 0 fully saturated rings. The number of amides is 1. The Kier molecular flexibility index (Phi) is 4.50. The molecule has 0 spiro atoms. The van der Waals surface area contributed by atoms with Gasteiger partial charge in [0.15, 0.2) is 0 Å². The first-order chi connectivity index (χ1) is 7.80. The number of halogens is 5. The highest BCUT2D eigenvalue weighted by Crippen LogP contribution is 2.18. The van der Waals surface area contributed by atoms with Crippen LogP contribution in [0.3, 0.4) is 0 Å². The molecule has 2 nitrogen and oxygen atoms in total. The third-order valence-electron chi connectivity index (χ3n) is 1.95. The van der Waals surface area contributed by atoms with E-state index < -0.39 is 17.9 Å². The molecule has 1 amide bonds. The van der Waals surface area contributed by atoms with Crippen LogP contribution in [0.4, 0.5) is 17.6 Å². The Labute approximate surface area is 103 Å². The van der Waals surface area contributed by atoms with Gasteiger partial charge >= 0.3 is 12.1 Å². The van der Waals surface area contributed by atoms with Crippen LogP contribution in [-0.4, -0.2) is 18.6 Å². The fourth-order valence-corrected chi connectivity index (χ4v) is 1.59. The molecule has 1 aromatic carbocycles. The van der Waals surface area contributed by atoms with Gasteiger partial charge < -0.3 is 5.32 Å². The van der Waals surface area contributed by atoms with Gasteiger partial charge in [0.1, 0.15) is 5.82 Å². The molecule has 1 N–H and O–H groups in total. The summed E-state index contributed by atoms with van der Waals surface area (Å²) in [5.41, 5.74) is 0.493. The van der Waals surface area contributed by atoms with Crippen LogP contribution in [0.1, 0.15) is 5.56 Å². The van der Waals surface area contributed by atoms with Crippen LogP contribution in [0.2, 0.25) is 0 Å². The lowest BCUT2D eigenvalue weighted by Crippen LogP contribution is -2.37. The van der Waals surface area contributed by atoms with Crippen LogP contribution >= 0.6 is 15.9 Å². The highest BCUT2D eigenvalue weighted by Gasteiger charge is 2.38. The summed E-state index contributed by atoms with van der Waals surface area (Å²) in [5, 5.41) is 1.71. The van der Waals surface area contributed by atoms with Gasteiger partial charge in [-0.1, -0.05) is 15.9 Å². The zero-order valence-electron chi connectivity index (χ0n) is 8.44. The second-order valence-electron chi connectivity index (χ2n) is 3.24. The summed E-state index contributed by atoms with van der Waals surface area (Å²) in [6, 6.07) is 3.88. The summed E-state index contributed by atoms with van der Waals surface area (Å²) in [6.45, 7) is -0.208. The quantitative estimate of drug-likeness (QED) is 0.854. The molecule has 0 aromatic heterocycles. The van der Waals surface area contributed by atoms with E-state index in [-0.39, 0.29) is 13.0 Å². The van der Waals surface area contributed by atoms with E-state index in [1.165, 1.54) is 18.2 Å². The second-order valence-corrected chi connectivity index (χ2v) is 4.09. The summed E-state index contributed by atoms with van der Waals surface area (Å²) in [4.78, 5) is 10.5. The predicted molar refractivity (Wildman–Crippen MR) is 56.9 cm³/mol. The number of nitrogens with one attached hydrogen (secondary N) is 1. The maximum Gasteiger partial charge on any atom is 0.471 e. The minimum Gasteiger partial charge on any atom is -0.348 e. The summed E-state index contributed by atoms with van der Waals surface area (Å²) < 4.78 is 48.9. The van der Waals surface area contributed by atoms with Crippen molar-refractivity contribution in [1.29, 1.82) is 0 Å². The van der Waals surface area contributed by atoms with Crippen molar-refractivity contribution in [2.75, 3.05) is 6.54 Å². The Morgan fingerprint density at radius 2 is 2.00 bits per heavy atom. The number of carbonyl (C=O) groups excluding carboxylic acids is 1. The second kappa shape index (κ2) is 5.48. The Morgan fingerprint density at radius 1 is 1.35 bits per heavy atom. The van der Waals surface area contributed by atoms with Crippen LogP contribution in [0, 0.1) is 5.82 Å². The van der Waals surface area contributed by atoms with Crippen molar-refractivity contribution < 1.29 is 22.4 Å². The lowest BCUT2D eigenvalue weighted by molar-refractivity contribution is -0.173. The van der Waals surface area contributed by atoms with E-state index in [1.54, 1.807) is 5.32 Å². The zero-order chi connectivity index (χ0) is 13.1. The summed E-state index contributed by atoms with van der Waals surface area (Å²) >= 11 is 3.14. The monoisotopic (exact) mass is 313 g/mol. The van der Waals surface area contributed by atoms with Gasteiger partial charge in [0.25, 0.3) is 0 Å². The first kappa shape index (κ1) is 14.0. The van der Waals surface area contributed by atoms with Gasteiger partial charge in [-0.25, -0.2) is 4.39 Å². The van der Waals surface area contributed by atoms with Crippen molar-refractivity contribution in [1.82, 2.24) is 5.32 Å². The van der Waals surface area contributed by atoms with E-state index in [2.05, 4.69) is 15.9 Å². The molecule has 0 atom stereocenters. The molecule has 0 unspecified atom stereocenters. The number of hydrogen-bond acceptors (Lipinski definition) is 1. The molecule has 0 heterocycles. The highest BCUT2D eigenvalue weighted by molar-refractivity contribution is 9.10. The first-order valence-electron chi connectivity index (χ1n) is 4.59. The van der Waals surface area contributed by atoms with Gasteiger partial charge in [-0.2, -0.15) is 13.2 Å². The van der Waals surface area contributed by atoms with Gasteiger partial charge in [-0.05, 0) is 30.2 Å². The largest absolute Gasteiger partial charge is 0.471 e. The Morgan fingerprint density at radius 3 is 2.59 bits per heavy atom. The van der Waals surface area contributed by atoms with E-state index in [0.29, 0.717) is 10.0 Å². The Hall–Kier alpha value is -1.11. The molecular weight excluding hydrogens is 306 g/mol. The molecule has 0 aliphatic heterocycles. The minimum absolute atomic E-state index is 0.111. The average molecular weight is 314 g/mol. The van der Waals surface area contributed by atoms with Crippen LogP contribution in [0.15, 0.2) is 22.7 Å². The van der Waals surface area contributed by atoms with Crippen molar-refractivity contribution in [2.24, 2.45) is 0 Å². The molecule has 17 heavy (non-hydrogen) atoms. The molecule has 0 saturated carbocycles. The molecule has 0 bridgehead atoms. The predicted octanol–water partition coefficient (Wildman–Crippen LogP) is 2.81. The van der Waals surface area contributed by atoms with E-state index in [9.17, 15) is 22.4 Å². The number of alkyl halides is 3. The van der Waals surface area contributed by atoms with Crippen LogP contribution < -0.4 is 5.32 Å². The topological polar surface area (TPSA) is 29.1 Å². The lowest BCUT2D eigenvalue weighted by Gasteiger charge is -2.08. The highest BCUT2D eigenvalue weighted by atomic mass is 79.9. The molecule has 0 radical (unpaired) electrons. The van der Waals surface area contributed by atoms with Crippen LogP contribution in [-0.2, 0) is 11.2 Å². The fraction of sp³-hybridized carbons (Fsp3) is 0.300. The number of benzene rings is 1. The normalized spacial score (nSPS) is 11.4. The minimum atomic E-state index is -4.89. The van der Waals surface area contributed by atoms with Gasteiger partial charge in [-0.3, -0.25) is 4.79 Å². The van der Waals surface area contributed by atoms with E-state index in [4.69, 9.17) is 0 Å². The van der Waals surface area contributed by atoms with Crippen molar-refractivity contribution >= 4 is 21.8 Å². The molecule has 1 rings (SSSR count). The summed E-state index contributed by atoms with van der Waals surface area (Å²) in [5.74, 6) is -2.48. The van der Waals surface area contributed by atoms with Crippen molar-refractivity contribution in [3.05, 3.63) is 34.1 Å². The number of carbonyl (C=O) groups is 1. The third kappa shape index (κ3) is 4.33. The average Bonchev–Trinajstić information content (AvgIpc) is 2.21. The fourth-order valence-electron chi connectivity index (χ4n) is 1.15. The van der Waals surface area contributed by atoms with Crippen LogP contribution in [0.25, 0.3) is 0 Å². The van der Waals surface area contributed by atoms with Gasteiger partial charge in [0, 0.05) is 11.0 Å². The lowest BCUT2D eigenvalue weighted by atomic mass is 10.1. The Balaban J connectivity index is 2.52. The van der Waals surface area contributed by atoms with E-state index in [1.807, 2.05) is 0 Å². The molecule has 0 aliphatic rings. The molecule has 1 aromatic rings. The first-order valence-corrected chi connectivity index (χ1v) is 5.39. The maximum absolute atomic E-state index is 12.8. The molecule has 0 aliphatic carbocycles. The van der Waals surface area contributed by atoms with E-state index in [0.717, 1.165) is 0 Å².